The lowest BCUT2D eigenvalue weighted by molar-refractivity contribution is -0.120. The highest BCUT2D eigenvalue weighted by Gasteiger charge is 2.30. The van der Waals surface area contributed by atoms with Gasteiger partial charge < -0.3 is 20.7 Å². The van der Waals surface area contributed by atoms with Crippen molar-refractivity contribution in [1.82, 2.24) is 10.6 Å². The standard InChI is InChI=1S/C16H21N3O3S/c1-22-9-3-8-17-14(20)12-4-2-5-13(10-12)18-16(23)19-15(21)11-6-7-11/h2,4-5,10-11H,3,6-9H2,1H3,(H,17,20)(H2,18,19,21,23). The minimum absolute atomic E-state index is 0.0467. The van der Waals surface area contributed by atoms with Crippen LogP contribution < -0.4 is 16.0 Å². The maximum Gasteiger partial charge on any atom is 0.251 e. The molecule has 0 unspecified atom stereocenters. The van der Waals surface area contributed by atoms with E-state index in [1.807, 2.05) is 0 Å². The van der Waals surface area contributed by atoms with Crippen molar-refractivity contribution in [3.63, 3.8) is 0 Å². The number of rotatable bonds is 7. The minimum Gasteiger partial charge on any atom is -0.385 e. The van der Waals surface area contributed by atoms with Gasteiger partial charge in [-0.3, -0.25) is 9.59 Å². The number of ether oxygens (including phenoxy) is 1. The summed E-state index contributed by atoms with van der Waals surface area (Å²) < 4.78 is 4.93. The first-order valence-corrected chi connectivity index (χ1v) is 8.00. The van der Waals surface area contributed by atoms with Gasteiger partial charge in [-0.2, -0.15) is 0 Å². The second-order valence-electron chi connectivity index (χ2n) is 5.40. The van der Waals surface area contributed by atoms with E-state index < -0.39 is 0 Å². The highest BCUT2D eigenvalue weighted by molar-refractivity contribution is 7.80. The zero-order valence-corrected chi connectivity index (χ0v) is 13.9. The van der Waals surface area contributed by atoms with Crippen LogP contribution in [0.3, 0.4) is 0 Å². The van der Waals surface area contributed by atoms with E-state index in [1.54, 1.807) is 31.4 Å². The summed E-state index contributed by atoms with van der Waals surface area (Å²) >= 11 is 5.11. The molecule has 1 aliphatic rings. The molecule has 0 aliphatic heterocycles. The molecule has 6 nitrogen and oxygen atoms in total. The summed E-state index contributed by atoms with van der Waals surface area (Å²) in [4.78, 5) is 23.7. The van der Waals surface area contributed by atoms with Crippen molar-refractivity contribution in [3.8, 4) is 0 Å². The van der Waals surface area contributed by atoms with Gasteiger partial charge >= 0.3 is 0 Å². The normalized spacial score (nSPS) is 13.3. The smallest absolute Gasteiger partial charge is 0.251 e. The molecule has 2 rings (SSSR count). The summed E-state index contributed by atoms with van der Waals surface area (Å²) in [6, 6.07) is 6.97. The Morgan fingerprint density at radius 3 is 2.83 bits per heavy atom. The minimum atomic E-state index is -0.155. The Morgan fingerprint density at radius 2 is 2.13 bits per heavy atom. The lowest BCUT2D eigenvalue weighted by Gasteiger charge is -2.10. The number of nitrogens with one attached hydrogen (secondary N) is 3. The molecule has 124 valence electrons. The fraction of sp³-hybridized carbons (Fsp3) is 0.438. The van der Waals surface area contributed by atoms with Crippen molar-refractivity contribution < 1.29 is 14.3 Å². The van der Waals surface area contributed by atoms with Gasteiger partial charge in [-0.15, -0.1) is 0 Å². The van der Waals surface area contributed by atoms with Crippen LogP contribution in [0.15, 0.2) is 24.3 Å². The van der Waals surface area contributed by atoms with Gasteiger partial charge in [0.25, 0.3) is 5.91 Å². The van der Waals surface area contributed by atoms with Crippen molar-refractivity contribution in [2.75, 3.05) is 25.6 Å². The molecule has 1 saturated carbocycles. The third-order valence-corrected chi connectivity index (χ3v) is 3.58. The third-order valence-electron chi connectivity index (χ3n) is 3.38. The average molecular weight is 335 g/mol. The molecule has 0 spiro atoms. The van der Waals surface area contributed by atoms with Gasteiger partial charge in [0, 0.05) is 37.4 Å². The van der Waals surface area contributed by atoms with Crippen LogP contribution in [0.5, 0.6) is 0 Å². The van der Waals surface area contributed by atoms with E-state index in [-0.39, 0.29) is 22.8 Å². The molecule has 0 bridgehead atoms. The summed E-state index contributed by atoms with van der Waals surface area (Å²) in [5.41, 5.74) is 1.19. The molecule has 0 atom stereocenters. The van der Waals surface area contributed by atoms with Gasteiger partial charge in [0.05, 0.1) is 0 Å². The third kappa shape index (κ3) is 5.96. The molecule has 0 saturated heterocycles. The molecular formula is C16H21N3O3S. The number of carbonyl (C=O) groups is 2. The monoisotopic (exact) mass is 335 g/mol. The number of amides is 2. The summed E-state index contributed by atoms with van der Waals surface area (Å²) in [5.74, 6) is -0.105. The molecule has 7 heteroatoms. The predicted molar refractivity (Wildman–Crippen MR) is 92.4 cm³/mol. The molecule has 0 radical (unpaired) electrons. The van der Waals surface area contributed by atoms with Gasteiger partial charge in [-0.25, -0.2) is 0 Å². The second-order valence-corrected chi connectivity index (χ2v) is 5.81. The largest absolute Gasteiger partial charge is 0.385 e. The summed E-state index contributed by atoms with van der Waals surface area (Å²) in [7, 11) is 1.63. The topological polar surface area (TPSA) is 79.5 Å². The van der Waals surface area contributed by atoms with E-state index >= 15 is 0 Å². The van der Waals surface area contributed by atoms with Crippen LogP contribution in [0, 0.1) is 5.92 Å². The van der Waals surface area contributed by atoms with Crippen LogP contribution in [0.25, 0.3) is 0 Å². The van der Waals surface area contributed by atoms with Crippen LogP contribution in [0.4, 0.5) is 5.69 Å². The maximum absolute atomic E-state index is 12.0. The zero-order valence-electron chi connectivity index (χ0n) is 13.1. The Morgan fingerprint density at radius 1 is 1.35 bits per heavy atom. The zero-order chi connectivity index (χ0) is 16.7. The molecular weight excluding hydrogens is 314 g/mol. The number of benzene rings is 1. The molecule has 0 aromatic heterocycles. The van der Waals surface area contributed by atoms with Crippen molar-refractivity contribution >= 4 is 34.8 Å². The fourth-order valence-electron chi connectivity index (χ4n) is 1.98. The molecule has 1 aromatic rings. The number of methoxy groups -OCH3 is 1. The molecule has 23 heavy (non-hydrogen) atoms. The highest BCUT2D eigenvalue weighted by atomic mass is 32.1. The van der Waals surface area contributed by atoms with E-state index in [2.05, 4.69) is 16.0 Å². The Hall–Kier alpha value is -1.99. The van der Waals surface area contributed by atoms with Crippen LogP contribution in [0.1, 0.15) is 29.6 Å². The Bertz CT molecular complexity index is 588. The number of hydrogen-bond acceptors (Lipinski definition) is 4. The SMILES string of the molecule is COCCCNC(=O)c1cccc(NC(=S)NC(=O)C2CC2)c1. The van der Waals surface area contributed by atoms with Crippen molar-refractivity contribution in [1.29, 1.82) is 0 Å². The van der Waals surface area contributed by atoms with Crippen molar-refractivity contribution in [2.24, 2.45) is 5.92 Å². The number of anilines is 1. The molecule has 1 fully saturated rings. The first-order chi connectivity index (χ1) is 11.1. The van der Waals surface area contributed by atoms with Crippen LogP contribution in [-0.2, 0) is 9.53 Å². The van der Waals surface area contributed by atoms with Gasteiger partial charge in [-0.1, -0.05) is 6.07 Å². The predicted octanol–water partition coefficient (Wildman–Crippen LogP) is 1.68. The first kappa shape index (κ1) is 17.4. The molecule has 3 N–H and O–H groups in total. The lowest BCUT2D eigenvalue weighted by Crippen LogP contribution is -2.35. The molecule has 1 aromatic carbocycles. The number of carbonyl (C=O) groups excluding carboxylic acids is 2. The van der Waals surface area contributed by atoms with Crippen LogP contribution in [0.2, 0.25) is 0 Å². The van der Waals surface area contributed by atoms with Crippen molar-refractivity contribution in [3.05, 3.63) is 29.8 Å². The van der Waals surface area contributed by atoms with E-state index in [4.69, 9.17) is 17.0 Å². The Labute approximate surface area is 141 Å². The molecule has 0 heterocycles. The van der Waals surface area contributed by atoms with Gasteiger partial charge in [-0.05, 0) is 49.7 Å². The van der Waals surface area contributed by atoms with Gasteiger partial charge in [0.15, 0.2) is 5.11 Å². The molecule has 1 aliphatic carbocycles. The Kier molecular flexibility index (Phi) is 6.49. The lowest BCUT2D eigenvalue weighted by atomic mass is 10.2. The van der Waals surface area contributed by atoms with Gasteiger partial charge in [0.1, 0.15) is 0 Å². The quantitative estimate of drug-likeness (QED) is 0.522. The van der Waals surface area contributed by atoms with Crippen molar-refractivity contribution in [2.45, 2.75) is 19.3 Å². The average Bonchev–Trinajstić information content (AvgIpc) is 3.36. The fourth-order valence-corrected chi connectivity index (χ4v) is 2.20. The first-order valence-electron chi connectivity index (χ1n) is 7.59. The summed E-state index contributed by atoms with van der Waals surface area (Å²) in [6.45, 7) is 1.16. The Balaban J connectivity index is 1.84. The highest BCUT2D eigenvalue weighted by Crippen LogP contribution is 2.28. The van der Waals surface area contributed by atoms with Crippen LogP contribution in [-0.4, -0.2) is 37.2 Å². The summed E-state index contributed by atoms with van der Waals surface area (Å²) in [5, 5.41) is 8.65. The molecule has 2 amide bonds. The van der Waals surface area contributed by atoms with E-state index in [1.165, 1.54) is 0 Å². The summed E-state index contributed by atoms with van der Waals surface area (Å²) in [6.07, 6.45) is 2.61. The van der Waals surface area contributed by atoms with Crippen LogP contribution >= 0.6 is 12.2 Å². The van der Waals surface area contributed by atoms with E-state index in [0.717, 1.165) is 19.3 Å². The second kappa shape index (κ2) is 8.59. The van der Waals surface area contributed by atoms with Gasteiger partial charge in [0.2, 0.25) is 5.91 Å². The number of thiocarbonyl (C=S) groups is 1. The van der Waals surface area contributed by atoms with E-state index in [9.17, 15) is 9.59 Å². The number of hydrogen-bond donors (Lipinski definition) is 3. The van der Waals surface area contributed by atoms with E-state index in [0.29, 0.717) is 24.4 Å². The maximum atomic E-state index is 12.0.